The molecule has 19 heavy (non-hydrogen) atoms. The van der Waals surface area contributed by atoms with Gasteiger partial charge in [-0.15, -0.1) is 0 Å². The van der Waals surface area contributed by atoms with Crippen LogP contribution >= 0.6 is 46.0 Å². The van der Waals surface area contributed by atoms with Gasteiger partial charge in [0.05, 0.1) is 11.2 Å². The Morgan fingerprint density at radius 2 is 2.05 bits per heavy atom. The lowest BCUT2D eigenvalue weighted by Crippen LogP contribution is -2.15. The predicted octanol–water partition coefficient (Wildman–Crippen LogP) is 3.71. The van der Waals surface area contributed by atoms with Crippen LogP contribution in [-0.2, 0) is 0 Å². The third-order valence-corrected chi connectivity index (χ3v) is 3.78. The summed E-state index contributed by atoms with van der Waals surface area (Å²) in [5, 5.41) is 3.50. The van der Waals surface area contributed by atoms with E-state index in [-0.39, 0.29) is 16.6 Å². The first-order chi connectivity index (χ1) is 9.10. The molecule has 0 aliphatic rings. The minimum atomic E-state index is -0.344. The van der Waals surface area contributed by atoms with Crippen LogP contribution in [0, 0.1) is 3.57 Å². The number of hydrogen-bond donors (Lipinski definition) is 1. The Balaban J connectivity index is 2.22. The summed E-state index contributed by atoms with van der Waals surface area (Å²) in [7, 11) is 0. The molecule has 0 bridgehead atoms. The smallest absolute Gasteiger partial charge is 0.275 e. The molecule has 1 heterocycles. The number of aromatic nitrogens is 2. The summed E-state index contributed by atoms with van der Waals surface area (Å²) in [5.41, 5.74) is 0.880. The zero-order valence-electron chi connectivity index (χ0n) is 9.85. The summed E-state index contributed by atoms with van der Waals surface area (Å²) < 4.78 is 1.10. The van der Waals surface area contributed by atoms with E-state index < -0.39 is 0 Å². The molecule has 0 atom stereocenters. The van der Waals surface area contributed by atoms with E-state index >= 15 is 0 Å². The summed E-state index contributed by atoms with van der Waals surface area (Å²) in [6.45, 7) is 0. The van der Waals surface area contributed by atoms with Gasteiger partial charge in [-0.3, -0.25) is 4.79 Å². The number of thioether (sulfide) groups is 1. The highest BCUT2D eigenvalue weighted by Crippen LogP contribution is 2.18. The molecule has 0 radical (unpaired) electrons. The summed E-state index contributed by atoms with van der Waals surface area (Å²) >= 11 is 9.50. The highest BCUT2D eigenvalue weighted by Gasteiger charge is 2.14. The van der Waals surface area contributed by atoms with Crippen molar-refractivity contribution in [1.82, 2.24) is 9.97 Å². The van der Waals surface area contributed by atoms with Gasteiger partial charge in [0.1, 0.15) is 0 Å². The second kappa shape index (κ2) is 6.53. The van der Waals surface area contributed by atoms with Gasteiger partial charge in [-0.2, -0.15) is 0 Å². The zero-order chi connectivity index (χ0) is 13.8. The minimum absolute atomic E-state index is 0.180. The lowest BCUT2D eigenvalue weighted by Gasteiger charge is -2.06. The molecule has 1 N–H and O–H groups in total. The van der Waals surface area contributed by atoms with E-state index in [0.717, 1.165) is 3.57 Å². The molecule has 0 aliphatic carbocycles. The Bertz CT molecular complexity index is 606. The van der Waals surface area contributed by atoms with Crippen molar-refractivity contribution in [3.05, 3.63) is 44.7 Å². The number of carbonyl (C=O) groups is 1. The highest BCUT2D eigenvalue weighted by atomic mass is 127. The number of amides is 1. The summed E-state index contributed by atoms with van der Waals surface area (Å²) in [5.74, 6) is -0.344. The van der Waals surface area contributed by atoms with Crippen LogP contribution in [0.5, 0.6) is 0 Å². The third-order valence-electron chi connectivity index (χ3n) is 2.22. The molecule has 7 heteroatoms. The molecular weight excluding hydrogens is 397 g/mol. The van der Waals surface area contributed by atoms with Crippen LogP contribution in [0.15, 0.2) is 35.6 Å². The lowest BCUT2D eigenvalue weighted by atomic mass is 10.3. The molecule has 1 aromatic carbocycles. The predicted molar refractivity (Wildman–Crippen MR) is 85.9 cm³/mol. The fraction of sp³-hybridized carbons (Fsp3) is 0.0833. The van der Waals surface area contributed by atoms with Crippen molar-refractivity contribution in [2.75, 3.05) is 11.6 Å². The largest absolute Gasteiger partial charge is 0.321 e. The molecule has 4 nitrogen and oxygen atoms in total. The molecule has 2 aromatic rings. The molecule has 0 saturated heterocycles. The minimum Gasteiger partial charge on any atom is -0.321 e. The standard InChI is InChI=1S/C12H9ClIN3OS/c1-19-12-15-6-9(13)10(17-12)11(18)16-8-4-2-7(14)3-5-8/h2-6H,1H3,(H,16,18). The quantitative estimate of drug-likeness (QED) is 0.480. The highest BCUT2D eigenvalue weighted by molar-refractivity contribution is 14.1. The van der Waals surface area contributed by atoms with Gasteiger partial charge in [-0.1, -0.05) is 23.4 Å². The van der Waals surface area contributed by atoms with Crippen molar-refractivity contribution in [3.8, 4) is 0 Å². The van der Waals surface area contributed by atoms with Crippen LogP contribution in [0.1, 0.15) is 10.5 Å². The number of anilines is 1. The molecule has 1 amide bonds. The molecule has 0 saturated carbocycles. The van der Waals surface area contributed by atoms with Gasteiger partial charge < -0.3 is 5.32 Å². The summed E-state index contributed by atoms with van der Waals surface area (Å²) in [4.78, 5) is 20.2. The second-order valence-corrected chi connectivity index (χ2v) is 5.94. The normalized spacial score (nSPS) is 10.3. The number of nitrogens with one attached hydrogen (secondary N) is 1. The Morgan fingerprint density at radius 3 is 2.68 bits per heavy atom. The van der Waals surface area contributed by atoms with E-state index in [0.29, 0.717) is 10.8 Å². The van der Waals surface area contributed by atoms with Crippen molar-refractivity contribution in [2.24, 2.45) is 0 Å². The van der Waals surface area contributed by atoms with E-state index in [1.165, 1.54) is 18.0 Å². The summed E-state index contributed by atoms with van der Waals surface area (Å²) in [6, 6.07) is 7.46. The van der Waals surface area contributed by atoms with Crippen LogP contribution in [0.2, 0.25) is 5.02 Å². The Morgan fingerprint density at radius 1 is 1.37 bits per heavy atom. The van der Waals surface area contributed by atoms with Crippen molar-refractivity contribution >= 4 is 57.5 Å². The van der Waals surface area contributed by atoms with E-state index in [9.17, 15) is 4.79 Å². The van der Waals surface area contributed by atoms with E-state index in [1.807, 2.05) is 30.5 Å². The third kappa shape index (κ3) is 3.80. The molecule has 1 aromatic heterocycles. The number of halogens is 2. The maximum atomic E-state index is 12.1. The van der Waals surface area contributed by atoms with Crippen molar-refractivity contribution in [3.63, 3.8) is 0 Å². The van der Waals surface area contributed by atoms with Crippen LogP contribution in [0.3, 0.4) is 0 Å². The van der Waals surface area contributed by atoms with Gasteiger partial charge in [-0.25, -0.2) is 9.97 Å². The Labute approximate surface area is 133 Å². The monoisotopic (exact) mass is 405 g/mol. The maximum Gasteiger partial charge on any atom is 0.275 e. The van der Waals surface area contributed by atoms with Crippen molar-refractivity contribution in [2.45, 2.75) is 5.16 Å². The average molecular weight is 406 g/mol. The second-order valence-electron chi connectivity index (χ2n) is 3.51. The average Bonchev–Trinajstić information content (AvgIpc) is 2.42. The van der Waals surface area contributed by atoms with Gasteiger partial charge in [0.2, 0.25) is 0 Å². The molecule has 0 aliphatic heterocycles. The van der Waals surface area contributed by atoms with E-state index in [1.54, 1.807) is 0 Å². The molecule has 0 fully saturated rings. The Kier molecular flexibility index (Phi) is 5.00. The molecule has 0 spiro atoms. The SMILES string of the molecule is CSc1ncc(Cl)c(C(=O)Nc2ccc(I)cc2)n1. The molecule has 0 unspecified atom stereocenters. The topological polar surface area (TPSA) is 54.9 Å². The zero-order valence-corrected chi connectivity index (χ0v) is 13.6. The first-order valence-electron chi connectivity index (χ1n) is 5.23. The van der Waals surface area contributed by atoms with E-state index in [2.05, 4.69) is 37.9 Å². The Hall–Kier alpha value is -0.860. The van der Waals surface area contributed by atoms with Gasteiger partial charge >= 0.3 is 0 Å². The van der Waals surface area contributed by atoms with Crippen LogP contribution in [0.4, 0.5) is 5.69 Å². The van der Waals surface area contributed by atoms with Crippen molar-refractivity contribution < 1.29 is 4.79 Å². The van der Waals surface area contributed by atoms with Crippen LogP contribution in [-0.4, -0.2) is 22.1 Å². The van der Waals surface area contributed by atoms with Gasteiger partial charge in [0, 0.05) is 9.26 Å². The number of hydrogen-bond acceptors (Lipinski definition) is 4. The van der Waals surface area contributed by atoms with Gasteiger partial charge in [-0.05, 0) is 53.1 Å². The first-order valence-corrected chi connectivity index (χ1v) is 7.91. The van der Waals surface area contributed by atoms with Gasteiger partial charge in [0.15, 0.2) is 10.9 Å². The molecule has 2 rings (SSSR count). The fourth-order valence-corrected chi connectivity index (χ4v) is 2.21. The molecule has 98 valence electrons. The molecular formula is C12H9ClIN3OS. The first kappa shape index (κ1) is 14.5. The lowest BCUT2D eigenvalue weighted by molar-refractivity contribution is 0.102. The van der Waals surface area contributed by atoms with Crippen molar-refractivity contribution in [1.29, 1.82) is 0 Å². The van der Waals surface area contributed by atoms with Gasteiger partial charge in [0.25, 0.3) is 5.91 Å². The number of rotatable bonds is 3. The number of carbonyl (C=O) groups excluding carboxylic acids is 1. The fourth-order valence-electron chi connectivity index (χ4n) is 1.33. The maximum absolute atomic E-state index is 12.1. The van der Waals surface area contributed by atoms with E-state index in [4.69, 9.17) is 11.6 Å². The number of nitrogens with zero attached hydrogens (tertiary/aromatic N) is 2. The van der Waals surface area contributed by atoms with Crippen LogP contribution < -0.4 is 5.32 Å². The summed E-state index contributed by atoms with van der Waals surface area (Å²) in [6.07, 6.45) is 3.27. The number of benzene rings is 1. The van der Waals surface area contributed by atoms with Crippen LogP contribution in [0.25, 0.3) is 0 Å².